The van der Waals surface area contributed by atoms with Crippen LogP contribution in [-0.2, 0) is 6.54 Å². The third kappa shape index (κ3) is 2.11. The summed E-state index contributed by atoms with van der Waals surface area (Å²) in [6, 6.07) is 1.91. The van der Waals surface area contributed by atoms with Gasteiger partial charge in [0.05, 0.1) is 5.69 Å². The molecule has 0 saturated carbocycles. The Morgan fingerprint density at radius 1 is 1.60 bits per heavy atom. The number of nitrogens with one attached hydrogen (secondary N) is 1. The van der Waals surface area contributed by atoms with Gasteiger partial charge in [0.15, 0.2) is 0 Å². The Labute approximate surface area is 60.5 Å². The maximum Gasteiger partial charge on any atom is 0.115 e. The minimum atomic E-state index is 0.832. The number of hydrogen-bond acceptors (Lipinski definition) is 3. The van der Waals surface area contributed by atoms with Crippen molar-refractivity contribution in [1.29, 1.82) is 0 Å². The molecular formula is C7H11N3. The van der Waals surface area contributed by atoms with Crippen LogP contribution in [0.5, 0.6) is 0 Å². The summed E-state index contributed by atoms with van der Waals surface area (Å²) in [7, 11) is 0. The van der Waals surface area contributed by atoms with Gasteiger partial charge >= 0.3 is 0 Å². The molecule has 0 fully saturated rings. The molecule has 0 spiro atoms. The molecule has 0 aromatic carbocycles. The number of rotatable bonds is 3. The van der Waals surface area contributed by atoms with Crippen molar-refractivity contribution in [3.8, 4) is 0 Å². The Kier molecular flexibility index (Phi) is 2.83. The highest BCUT2D eigenvalue weighted by Gasteiger charge is 1.88. The van der Waals surface area contributed by atoms with Gasteiger partial charge in [-0.25, -0.2) is 9.97 Å². The van der Waals surface area contributed by atoms with E-state index in [2.05, 4.69) is 22.2 Å². The van der Waals surface area contributed by atoms with E-state index in [-0.39, 0.29) is 0 Å². The maximum absolute atomic E-state index is 4.04. The lowest BCUT2D eigenvalue weighted by Gasteiger charge is -1.97. The fraction of sp³-hybridized carbons (Fsp3) is 0.429. The molecule has 0 saturated heterocycles. The van der Waals surface area contributed by atoms with E-state index in [0.717, 1.165) is 18.8 Å². The second-order valence-corrected chi connectivity index (χ2v) is 1.98. The lowest BCUT2D eigenvalue weighted by molar-refractivity contribution is 0.708. The summed E-state index contributed by atoms with van der Waals surface area (Å²) in [6.45, 7) is 3.88. The summed E-state index contributed by atoms with van der Waals surface area (Å²) in [5.74, 6) is 0. The summed E-state index contributed by atoms with van der Waals surface area (Å²) in [4.78, 5) is 7.86. The Morgan fingerprint density at radius 3 is 3.10 bits per heavy atom. The molecule has 1 aromatic rings. The average molecular weight is 137 g/mol. The fourth-order valence-electron chi connectivity index (χ4n) is 0.676. The second kappa shape index (κ2) is 3.95. The molecule has 10 heavy (non-hydrogen) atoms. The lowest BCUT2D eigenvalue weighted by atomic mass is 10.4. The zero-order valence-electron chi connectivity index (χ0n) is 6.04. The van der Waals surface area contributed by atoms with Gasteiger partial charge in [-0.05, 0) is 12.6 Å². The van der Waals surface area contributed by atoms with Gasteiger partial charge < -0.3 is 5.32 Å². The SMILES string of the molecule is CCNCc1ccncn1. The molecule has 0 amide bonds. The van der Waals surface area contributed by atoms with Crippen LogP contribution in [-0.4, -0.2) is 16.5 Å². The van der Waals surface area contributed by atoms with Crippen LogP contribution in [0.1, 0.15) is 12.6 Å². The Bertz CT molecular complexity index is 173. The first-order valence-corrected chi connectivity index (χ1v) is 3.39. The molecule has 3 heteroatoms. The van der Waals surface area contributed by atoms with Crippen molar-refractivity contribution in [3.63, 3.8) is 0 Å². The van der Waals surface area contributed by atoms with Gasteiger partial charge in [-0.15, -0.1) is 0 Å². The molecule has 0 aliphatic heterocycles. The predicted octanol–water partition coefficient (Wildman–Crippen LogP) is 0.586. The van der Waals surface area contributed by atoms with E-state index in [1.165, 1.54) is 0 Å². The molecule has 0 aliphatic carbocycles. The molecule has 1 heterocycles. The summed E-state index contributed by atoms with van der Waals surface area (Å²) in [6.07, 6.45) is 3.31. The number of hydrogen-bond donors (Lipinski definition) is 1. The van der Waals surface area contributed by atoms with Crippen LogP contribution >= 0.6 is 0 Å². The first-order valence-electron chi connectivity index (χ1n) is 3.39. The first-order chi connectivity index (χ1) is 4.93. The highest BCUT2D eigenvalue weighted by atomic mass is 14.9. The van der Waals surface area contributed by atoms with E-state index in [9.17, 15) is 0 Å². The quantitative estimate of drug-likeness (QED) is 0.662. The molecular weight excluding hydrogens is 126 g/mol. The van der Waals surface area contributed by atoms with E-state index >= 15 is 0 Å². The van der Waals surface area contributed by atoms with E-state index in [1.807, 2.05) is 6.07 Å². The lowest BCUT2D eigenvalue weighted by Crippen LogP contribution is -2.12. The molecule has 1 N–H and O–H groups in total. The highest BCUT2D eigenvalue weighted by Crippen LogP contribution is 1.87. The Morgan fingerprint density at radius 2 is 2.50 bits per heavy atom. The molecule has 3 nitrogen and oxygen atoms in total. The van der Waals surface area contributed by atoms with Crippen LogP contribution in [0.4, 0.5) is 0 Å². The van der Waals surface area contributed by atoms with Gasteiger partial charge in [0, 0.05) is 12.7 Å². The summed E-state index contributed by atoms with van der Waals surface area (Å²) in [5, 5.41) is 3.17. The van der Waals surface area contributed by atoms with Crippen molar-refractivity contribution in [2.75, 3.05) is 6.54 Å². The Hall–Kier alpha value is -0.960. The third-order valence-corrected chi connectivity index (χ3v) is 1.20. The summed E-state index contributed by atoms with van der Waals surface area (Å²) < 4.78 is 0. The van der Waals surface area contributed by atoms with E-state index in [0.29, 0.717) is 0 Å². The van der Waals surface area contributed by atoms with Crippen molar-refractivity contribution in [2.24, 2.45) is 0 Å². The Balaban J connectivity index is 2.43. The largest absolute Gasteiger partial charge is 0.311 e. The molecule has 0 bridgehead atoms. The monoisotopic (exact) mass is 137 g/mol. The van der Waals surface area contributed by atoms with Gasteiger partial charge in [0.25, 0.3) is 0 Å². The van der Waals surface area contributed by atoms with E-state index < -0.39 is 0 Å². The highest BCUT2D eigenvalue weighted by molar-refractivity contribution is 4.96. The van der Waals surface area contributed by atoms with Crippen LogP contribution in [0.15, 0.2) is 18.6 Å². The predicted molar refractivity (Wildman–Crippen MR) is 39.4 cm³/mol. The first kappa shape index (κ1) is 7.15. The van der Waals surface area contributed by atoms with Gasteiger partial charge in [0.1, 0.15) is 6.33 Å². The van der Waals surface area contributed by atoms with Gasteiger partial charge in [-0.3, -0.25) is 0 Å². The fourth-order valence-corrected chi connectivity index (χ4v) is 0.676. The summed E-state index contributed by atoms with van der Waals surface area (Å²) in [5.41, 5.74) is 1.04. The molecule has 0 unspecified atom stereocenters. The van der Waals surface area contributed by atoms with Crippen LogP contribution in [0.2, 0.25) is 0 Å². The standard InChI is InChI=1S/C7H11N3/c1-2-8-5-7-3-4-9-6-10-7/h3-4,6,8H,2,5H2,1H3. The van der Waals surface area contributed by atoms with Crippen molar-refractivity contribution < 1.29 is 0 Å². The van der Waals surface area contributed by atoms with Crippen LogP contribution < -0.4 is 5.32 Å². The van der Waals surface area contributed by atoms with Gasteiger partial charge in [0.2, 0.25) is 0 Å². The van der Waals surface area contributed by atoms with E-state index in [4.69, 9.17) is 0 Å². The topological polar surface area (TPSA) is 37.8 Å². The van der Waals surface area contributed by atoms with Crippen molar-refractivity contribution in [3.05, 3.63) is 24.3 Å². The number of nitrogens with zero attached hydrogens (tertiary/aromatic N) is 2. The van der Waals surface area contributed by atoms with Gasteiger partial charge in [-0.2, -0.15) is 0 Å². The number of aromatic nitrogens is 2. The molecule has 1 aromatic heterocycles. The minimum Gasteiger partial charge on any atom is -0.311 e. The molecule has 54 valence electrons. The third-order valence-electron chi connectivity index (χ3n) is 1.20. The smallest absolute Gasteiger partial charge is 0.115 e. The second-order valence-electron chi connectivity index (χ2n) is 1.98. The molecule has 0 aliphatic rings. The van der Waals surface area contributed by atoms with Crippen LogP contribution in [0.25, 0.3) is 0 Å². The zero-order valence-corrected chi connectivity index (χ0v) is 6.04. The summed E-state index contributed by atoms with van der Waals surface area (Å²) >= 11 is 0. The molecule has 0 atom stereocenters. The molecule has 0 radical (unpaired) electrons. The molecule has 1 rings (SSSR count). The van der Waals surface area contributed by atoms with Crippen molar-refractivity contribution >= 4 is 0 Å². The van der Waals surface area contributed by atoms with Crippen molar-refractivity contribution in [1.82, 2.24) is 15.3 Å². The van der Waals surface area contributed by atoms with E-state index in [1.54, 1.807) is 12.5 Å². The van der Waals surface area contributed by atoms with Crippen molar-refractivity contribution in [2.45, 2.75) is 13.5 Å². The zero-order chi connectivity index (χ0) is 7.23. The van der Waals surface area contributed by atoms with Gasteiger partial charge in [-0.1, -0.05) is 6.92 Å². The van der Waals surface area contributed by atoms with Crippen LogP contribution in [0, 0.1) is 0 Å². The van der Waals surface area contributed by atoms with Crippen LogP contribution in [0.3, 0.4) is 0 Å². The average Bonchev–Trinajstić information content (AvgIpc) is 2.03. The minimum absolute atomic E-state index is 0.832. The maximum atomic E-state index is 4.04. The normalized spacial score (nSPS) is 9.70.